The van der Waals surface area contributed by atoms with Crippen LogP contribution < -0.4 is 5.32 Å². The first-order valence-corrected chi connectivity index (χ1v) is 9.26. The molecule has 0 atom stereocenters. The van der Waals surface area contributed by atoms with Gasteiger partial charge >= 0.3 is 0 Å². The Morgan fingerprint density at radius 3 is 2.76 bits per heavy atom. The summed E-state index contributed by atoms with van der Waals surface area (Å²) in [7, 11) is 0. The van der Waals surface area contributed by atoms with E-state index in [4.69, 9.17) is 11.6 Å². The summed E-state index contributed by atoms with van der Waals surface area (Å²) in [6.07, 6.45) is 5.10. The summed E-state index contributed by atoms with van der Waals surface area (Å²) in [5.41, 5.74) is 2.82. The van der Waals surface area contributed by atoms with Crippen LogP contribution in [0.1, 0.15) is 35.3 Å². The molecule has 2 saturated heterocycles. The summed E-state index contributed by atoms with van der Waals surface area (Å²) < 4.78 is 1.78. The van der Waals surface area contributed by atoms with Crippen molar-refractivity contribution < 1.29 is 4.79 Å². The lowest BCUT2D eigenvalue weighted by Crippen LogP contribution is -2.44. The number of amides is 1. The number of nitrogens with one attached hydrogen (secondary N) is 1. The molecule has 5 nitrogen and oxygen atoms in total. The molecular formula is C19H23ClN4O. The zero-order valence-corrected chi connectivity index (χ0v) is 15.2. The van der Waals surface area contributed by atoms with Crippen LogP contribution in [0.3, 0.4) is 0 Å². The fourth-order valence-corrected chi connectivity index (χ4v) is 4.25. The topological polar surface area (TPSA) is 50.2 Å². The van der Waals surface area contributed by atoms with E-state index in [2.05, 4.69) is 10.4 Å². The Morgan fingerprint density at radius 1 is 1.28 bits per heavy atom. The third kappa shape index (κ3) is 3.07. The molecule has 0 unspecified atom stereocenters. The highest BCUT2D eigenvalue weighted by Crippen LogP contribution is 2.37. The molecule has 1 aromatic carbocycles. The molecule has 3 heterocycles. The average molecular weight is 359 g/mol. The van der Waals surface area contributed by atoms with E-state index < -0.39 is 0 Å². The molecule has 2 aliphatic heterocycles. The maximum atomic E-state index is 13.0. The molecule has 25 heavy (non-hydrogen) atoms. The molecule has 2 aromatic rings. The van der Waals surface area contributed by atoms with Crippen molar-refractivity contribution in [1.29, 1.82) is 0 Å². The molecule has 6 heteroatoms. The molecule has 2 fully saturated rings. The fraction of sp³-hybridized carbons (Fsp3) is 0.474. The Labute approximate surface area is 153 Å². The lowest BCUT2D eigenvalue weighted by Gasteiger charge is -2.38. The first kappa shape index (κ1) is 16.6. The molecule has 0 bridgehead atoms. The van der Waals surface area contributed by atoms with E-state index in [0.717, 1.165) is 50.4 Å². The van der Waals surface area contributed by atoms with E-state index in [1.165, 1.54) is 6.42 Å². The first-order valence-electron chi connectivity index (χ1n) is 8.89. The van der Waals surface area contributed by atoms with Crippen molar-refractivity contribution in [1.82, 2.24) is 20.0 Å². The molecule has 4 rings (SSSR count). The van der Waals surface area contributed by atoms with Gasteiger partial charge in [-0.15, -0.1) is 0 Å². The van der Waals surface area contributed by atoms with Crippen molar-refractivity contribution in [2.75, 3.05) is 26.2 Å². The van der Waals surface area contributed by atoms with Crippen LogP contribution in [0.25, 0.3) is 5.69 Å². The molecule has 0 saturated carbocycles. The third-order valence-corrected chi connectivity index (χ3v) is 5.97. The molecule has 1 spiro atoms. The number of benzene rings is 1. The van der Waals surface area contributed by atoms with Gasteiger partial charge in [0.2, 0.25) is 0 Å². The van der Waals surface area contributed by atoms with Crippen LogP contribution in [0.15, 0.2) is 30.5 Å². The van der Waals surface area contributed by atoms with Gasteiger partial charge < -0.3 is 10.2 Å². The van der Waals surface area contributed by atoms with E-state index in [1.807, 2.05) is 36.1 Å². The van der Waals surface area contributed by atoms with Crippen molar-refractivity contribution in [2.24, 2.45) is 5.41 Å². The number of carbonyl (C=O) groups excluding carboxylic acids is 1. The predicted octanol–water partition coefficient (Wildman–Crippen LogP) is 3.05. The summed E-state index contributed by atoms with van der Waals surface area (Å²) >= 11 is 6.08. The van der Waals surface area contributed by atoms with Crippen LogP contribution >= 0.6 is 11.6 Å². The van der Waals surface area contributed by atoms with Gasteiger partial charge in [0.15, 0.2) is 0 Å². The maximum Gasteiger partial charge on any atom is 0.257 e. The Kier molecular flexibility index (Phi) is 4.29. The molecule has 0 aliphatic carbocycles. The van der Waals surface area contributed by atoms with Crippen LogP contribution in [0.5, 0.6) is 0 Å². The summed E-state index contributed by atoms with van der Waals surface area (Å²) in [5, 5.41) is 8.54. The summed E-state index contributed by atoms with van der Waals surface area (Å²) in [6, 6.07) is 7.52. The number of piperidine rings is 1. The SMILES string of the molecule is Cc1c(C(=O)N2CCC3(CCNC3)CC2)cnn1-c1cccc(Cl)c1. The molecular weight excluding hydrogens is 336 g/mol. The average Bonchev–Trinajstić information content (AvgIpc) is 3.22. The standard InChI is InChI=1S/C19H23ClN4O/c1-14-17(12-22-24(14)16-4-2-3-15(20)11-16)18(25)23-9-6-19(7-10-23)5-8-21-13-19/h2-4,11-12,21H,5-10,13H2,1H3. The highest BCUT2D eigenvalue weighted by atomic mass is 35.5. The normalized spacial score (nSPS) is 19.5. The van der Waals surface area contributed by atoms with Gasteiger partial charge in [-0.3, -0.25) is 4.79 Å². The monoisotopic (exact) mass is 358 g/mol. The van der Waals surface area contributed by atoms with Crippen LogP contribution in [0.2, 0.25) is 5.02 Å². The van der Waals surface area contributed by atoms with Crippen LogP contribution in [-0.2, 0) is 0 Å². The van der Waals surface area contributed by atoms with Crippen molar-refractivity contribution in [3.05, 3.63) is 46.7 Å². The van der Waals surface area contributed by atoms with E-state index in [-0.39, 0.29) is 5.91 Å². The summed E-state index contributed by atoms with van der Waals surface area (Å²) in [4.78, 5) is 14.9. The van der Waals surface area contributed by atoms with Gasteiger partial charge in [-0.05, 0) is 56.3 Å². The van der Waals surface area contributed by atoms with Gasteiger partial charge in [0.25, 0.3) is 5.91 Å². The predicted molar refractivity (Wildman–Crippen MR) is 98.4 cm³/mol. The van der Waals surface area contributed by atoms with Crippen LogP contribution in [-0.4, -0.2) is 46.8 Å². The lowest BCUT2D eigenvalue weighted by molar-refractivity contribution is 0.0607. The third-order valence-electron chi connectivity index (χ3n) is 5.74. The fourth-order valence-electron chi connectivity index (χ4n) is 4.06. The number of aromatic nitrogens is 2. The first-order chi connectivity index (χ1) is 12.1. The summed E-state index contributed by atoms with van der Waals surface area (Å²) in [6.45, 7) is 5.82. The number of rotatable bonds is 2. The van der Waals surface area contributed by atoms with Crippen molar-refractivity contribution in [3.63, 3.8) is 0 Å². The molecule has 1 N–H and O–H groups in total. The second-order valence-corrected chi connectivity index (χ2v) is 7.69. The minimum absolute atomic E-state index is 0.0894. The second kappa shape index (κ2) is 6.46. The van der Waals surface area contributed by atoms with Crippen molar-refractivity contribution in [2.45, 2.75) is 26.2 Å². The minimum atomic E-state index is 0.0894. The highest BCUT2D eigenvalue weighted by Gasteiger charge is 2.38. The van der Waals surface area contributed by atoms with Gasteiger partial charge in [-0.25, -0.2) is 4.68 Å². The van der Waals surface area contributed by atoms with Gasteiger partial charge in [0, 0.05) is 24.7 Å². The maximum absolute atomic E-state index is 13.0. The number of carbonyl (C=O) groups is 1. The zero-order valence-electron chi connectivity index (χ0n) is 14.5. The van der Waals surface area contributed by atoms with Gasteiger partial charge in [0.1, 0.15) is 0 Å². The Hall–Kier alpha value is -1.85. The highest BCUT2D eigenvalue weighted by molar-refractivity contribution is 6.30. The Morgan fingerprint density at radius 2 is 2.08 bits per heavy atom. The van der Waals surface area contributed by atoms with Gasteiger partial charge in [0.05, 0.1) is 23.1 Å². The quantitative estimate of drug-likeness (QED) is 0.897. The zero-order chi connectivity index (χ0) is 17.4. The Bertz CT molecular complexity index is 784. The number of hydrogen-bond acceptors (Lipinski definition) is 3. The number of likely N-dealkylation sites (tertiary alicyclic amines) is 1. The molecule has 132 valence electrons. The van der Waals surface area contributed by atoms with E-state index in [9.17, 15) is 4.79 Å². The van der Waals surface area contributed by atoms with Crippen LogP contribution in [0.4, 0.5) is 0 Å². The number of halogens is 1. The Balaban J connectivity index is 1.52. The summed E-state index contributed by atoms with van der Waals surface area (Å²) in [5.74, 6) is 0.0894. The van der Waals surface area contributed by atoms with Crippen molar-refractivity contribution in [3.8, 4) is 5.69 Å². The van der Waals surface area contributed by atoms with Crippen molar-refractivity contribution >= 4 is 17.5 Å². The van der Waals surface area contributed by atoms with E-state index in [0.29, 0.717) is 16.0 Å². The molecule has 1 aromatic heterocycles. The largest absolute Gasteiger partial charge is 0.338 e. The molecule has 1 amide bonds. The number of nitrogens with zero attached hydrogens (tertiary/aromatic N) is 3. The smallest absolute Gasteiger partial charge is 0.257 e. The number of hydrogen-bond donors (Lipinski definition) is 1. The minimum Gasteiger partial charge on any atom is -0.338 e. The van der Waals surface area contributed by atoms with Gasteiger partial charge in [-0.2, -0.15) is 5.10 Å². The van der Waals surface area contributed by atoms with E-state index >= 15 is 0 Å². The lowest BCUT2D eigenvalue weighted by atomic mass is 9.78. The molecule has 2 aliphatic rings. The second-order valence-electron chi connectivity index (χ2n) is 7.25. The van der Waals surface area contributed by atoms with E-state index in [1.54, 1.807) is 10.9 Å². The van der Waals surface area contributed by atoms with Crippen LogP contribution in [0, 0.1) is 12.3 Å². The molecule has 0 radical (unpaired) electrons. The van der Waals surface area contributed by atoms with Gasteiger partial charge in [-0.1, -0.05) is 17.7 Å².